The summed E-state index contributed by atoms with van der Waals surface area (Å²) < 4.78 is 4.46. The molecule has 0 amide bonds. The summed E-state index contributed by atoms with van der Waals surface area (Å²) in [5.74, 6) is -0.666. The molecular weight excluding hydrogens is 218 g/mol. The molecule has 5 heteroatoms. The predicted octanol–water partition coefficient (Wildman–Crippen LogP) is 3.07. The lowest BCUT2D eigenvalue weighted by Gasteiger charge is -1.95. The largest absolute Gasteiger partial charge is 0.466 e. The average molecular weight is 229 g/mol. The van der Waals surface area contributed by atoms with Gasteiger partial charge in [-0.05, 0) is 17.2 Å². The zero-order valence-electron chi connectivity index (χ0n) is 9.28. The highest BCUT2D eigenvalue weighted by Gasteiger charge is 2.04. The highest BCUT2D eigenvalue weighted by molar-refractivity contribution is 5.88. The van der Waals surface area contributed by atoms with E-state index in [-0.39, 0.29) is 5.70 Å². The van der Waals surface area contributed by atoms with Gasteiger partial charge >= 0.3 is 5.97 Å². The fourth-order valence-electron chi connectivity index (χ4n) is 1.11. The molecule has 17 heavy (non-hydrogen) atoms. The van der Waals surface area contributed by atoms with Crippen LogP contribution in [0.25, 0.3) is 16.5 Å². The molecule has 0 radical (unpaired) electrons. The van der Waals surface area contributed by atoms with Crippen molar-refractivity contribution in [3.05, 3.63) is 64.2 Å². The molecule has 0 bridgehead atoms. The standard InChI is InChI=1S/C12H11N3O2/c1-17-12(16)11(14-15-13)9-5-8-10-6-3-2-4-7-10/h2-9H,1H3. The maximum atomic E-state index is 11.2. The Bertz CT molecular complexity index is 486. The molecule has 1 aromatic carbocycles. The summed E-state index contributed by atoms with van der Waals surface area (Å²) in [6.45, 7) is 0. The van der Waals surface area contributed by atoms with E-state index in [1.54, 1.807) is 12.2 Å². The molecular formula is C12H11N3O2. The highest BCUT2D eigenvalue weighted by Crippen LogP contribution is 2.04. The summed E-state index contributed by atoms with van der Waals surface area (Å²) in [5, 5.41) is 3.24. The van der Waals surface area contributed by atoms with E-state index < -0.39 is 5.97 Å². The van der Waals surface area contributed by atoms with Crippen LogP contribution in [-0.4, -0.2) is 13.1 Å². The quantitative estimate of drug-likeness (QED) is 0.199. The summed E-state index contributed by atoms with van der Waals surface area (Å²) >= 11 is 0. The number of carbonyl (C=O) groups excluding carboxylic acids is 1. The van der Waals surface area contributed by atoms with Crippen LogP contribution in [-0.2, 0) is 9.53 Å². The molecule has 0 saturated carbocycles. The zero-order chi connectivity index (χ0) is 12.5. The topological polar surface area (TPSA) is 75.1 Å². The summed E-state index contributed by atoms with van der Waals surface area (Å²) in [6.07, 6.45) is 4.81. The summed E-state index contributed by atoms with van der Waals surface area (Å²) in [4.78, 5) is 13.7. The molecule has 86 valence electrons. The molecule has 0 spiro atoms. The fraction of sp³-hybridized carbons (Fsp3) is 0.0833. The first-order valence-electron chi connectivity index (χ1n) is 4.84. The number of esters is 1. The number of carbonyl (C=O) groups is 1. The monoisotopic (exact) mass is 229 g/mol. The van der Waals surface area contributed by atoms with Gasteiger partial charge in [0.25, 0.3) is 0 Å². The lowest BCUT2D eigenvalue weighted by Crippen LogP contribution is -2.01. The Morgan fingerprint density at radius 2 is 2.12 bits per heavy atom. The third kappa shape index (κ3) is 4.24. The van der Waals surface area contributed by atoms with E-state index >= 15 is 0 Å². The number of rotatable bonds is 4. The van der Waals surface area contributed by atoms with Gasteiger partial charge in [0, 0.05) is 4.91 Å². The molecule has 1 rings (SSSR count). The van der Waals surface area contributed by atoms with Crippen molar-refractivity contribution in [2.45, 2.75) is 0 Å². The van der Waals surface area contributed by atoms with Gasteiger partial charge in [-0.25, -0.2) is 4.79 Å². The number of benzene rings is 1. The van der Waals surface area contributed by atoms with Crippen molar-refractivity contribution in [3.8, 4) is 0 Å². The SMILES string of the molecule is COC(=O)C(=CC=Cc1ccccc1)N=[N+]=[N-]. The Kier molecular flexibility index (Phi) is 5.07. The van der Waals surface area contributed by atoms with Crippen LogP contribution in [0, 0.1) is 0 Å². The third-order valence-electron chi connectivity index (χ3n) is 1.89. The Hall–Kier alpha value is -2.52. The number of ether oxygens (including phenoxy) is 1. The lowest BCUT2D eigenvalue weighted by molar-refractivity contribution is -0.136. The van der Waals surface area contributed by atoms with Gasteiger partial charge in [0.1, 0.15) is 5.70 Å². The van der Waals surface area contributed by atoms with Crippen LogP contribution in [0.3, 0.4) is 0 Å². The van der Waals surface area contributed by atoms with Crippen molar-refractivity contribution in [1.29, 1.82) is 0 Å². The molecule has 0 N–H and O–H groups in total. The Labute approximate surface area is 98.7 Å². The molecule has 5 nitrogen and oxygen atoms in total. The molecule has 0 aliphatic carbocycles. The molecule has 0 aliphatic heterocycles. The van der Waals surface area contributed by atoms with Crippen molar-refractivity contribution in [2.75, 3.05) is 7.11 Å². The van der Waals surface area contributed by atoms with E-state index in [0.717, 1.165) is 5.56 Å². The van der Waals surface area contributed by atoms with Crippen LogP contribution in [0.5, 0.6) is 0 Å². The van der Waals surface area contributed by atoms with Crippen LogP contribution in [0.4, 0.5) is 0 Å². The number of nitrogens with zero attached hydrogens (tertiary/aromatic N) is 3. The van der Waals surface area contributed by atoms with Gasteiger partial charge in [-0.2, -0.15) is 0 Å². The Balaban J connectivity index is 2.83. The maximum absolute atomic E-state index is 11.2. The van der Waals surface area contributed by atoms with Crippen LogP contribution >= 0.6 is 0 Å². The van der Waals surface area contributed by atoms with Gasteiger partial charge in [-0.3, -0.25) is 0 Å². The van der Waals surface area contributed by atoms with Gasteiger partial charge < -0.3 is 4.74 Å². The van der Waals surface area contributed by atoms with Crippen molar-refractivity contribution >= 4 is 12.0 Å². The molecule has 0 aromatic heterocycles. The summed E-state index contributed by atoms with van der Waals surface area (Å²) in [5.41, 5.74) is 9.18. The Morgan fingerprint density at radius 3 is 2.71 bits per heavy atom. The van der Waals surface area contributed by atoms with Gasteiger partial charge in [0.2, 0.25) is 0 Å². The van der Waals surface area contributed by atoms with Gasteiger partial charge in [0.05, 0.1) is 7.11 Å². The van der Waals surface area contributed by atoms with Crippen molar-refractivity contribution < 1.29 is 9.53 Å². The van der Waals surface area contributed by atoms with Gasteiger partial charge in [0.15, 0.2) is 0 Å². The normalized spacial score (nSPS) is 11.0. The van der Waals surface area contributed by atoms with Crippen LogP contribution in [0.2, 0.25) is 0 Å². The zero-order valence-corrected chi connectivity index (χ0v) is 9.28. The first-order chi connectivity index (χ1) is 8.27. The number of methoxy groups -OCH3 is 1. The second-order valence-electron chi connectivity index (χ2n) is 3.00. The van der Waals surface area contributed by atoms with E-state index in [1.807, 2.05) is 30.3 Å². The smallest absolute Gasteiger partial charge is 0.340 e. The van der Waals surface area contributed by atoms with Crippen LogP contribution < -0.4 is 0 Å². The average Bonchev–Trinajstić information content (AvgIpc) is 2.38. The number of allylic oxidation sites excluding steroid dienone is 2. The van der Waals surface area contributed by atoms with E-state index in [0.29, 0.717) is 0 Å². The number of azide groups is 1. The van der Waals surface area contributed by atoms with E-state index in [4.69, 9.17) is 5.53 Å². The lowest BCUT2D eigenvalue weighted by atomic mass is 10.2. The van der Waals surface area contributed by atoms with Crippen molar-refractivity contribution in [1.82, 2.24) is 0 Å². The molecule has 0 atom stereocenters. The minimum Gasteiger partial charge on any atom is -0.466 e. The van der Waals surface area contributed by atoms with Gasteiger partial charge in [-0.15, -0.1) is 0 Å². The number of hydrogen-bond donors (Lipinski definition) is 0. The molecule has 1 aromatic rings. The van der Waals surface area contributed by atoms with E-state index in [1.165, 1.54) is 13.2 Å². The molecule has 0 heterocycles. The minimum absolute atomic E-state index is 0.0813. The van der Waals surface area contributed by atoms with E-state index in [2.05, 4.69) is 14.8 Å². The third-order valence-corrected chi connectivity index (χ3v) is 1.89. The van der Waals surface area contributed by atoms with Crippen LogP contribution in [0.15, 0.2) is 53.3 Å². The molecule has 0 fully saturated rings. The highest BCUT2D eigenvalue weighted by atomic mass is 16.5. The van der Waals surface area contributed by atoms with Gasteiger partial charge in [-0.1, -0.05) is 47.6 Å². The maximum Gasteiger partial charge on any atom is 0.340 e. The first-order valence-corrected chi connectivity index (χ1v) is 4.84. The second kappa shape index (κ2) is 6.87. The molecule has 0 unspecified atom stereocenters. The summed E-state index contributed by atoms with van der Waals surface area (Å²) in [7, 11) is 1.23. The summed E-state index contributed by atoms with van der Waals surface area (Å²) in [6, 6.07) is 9.54. The number of hydrogen-bond acceptors (Lipinski definition) is 3. The molecule has 0 saturated heterocycles. The fourth-order valence-corrected chi connectivity index (χ4v) is 1.11. The van der Waals surface area contributed by atoms with Crippen molar-refractivity contribution in [3.63, 3.8) is 0 Å². The molecule has 0 aliphatic rings. The minimum atomic E-state index is -0.666. The van der Waals surface area contributed by atoms with Crippen molar-refractivity contribution in [2.24, 2.45) is 5.11 Å². The predicted molar refractivity (Wildman–Crippen MR) is 64.7 cm³/mol. The van der Waals surface area contributed by atoms with E-state index in [9.17, 15) is 4.79 Å². The first kappa shape index (κ1) is 12.5. The van der Waals surface area contributed by atoms with Crippen LogP contribution in [0.1, 0.15) is 5.56 Å². The Morgan fingerprint density at radius 1 is 1.41 bits per heavy atom. The second-order valence-corrected chi connectivity index (χ2v) is 3.00.